The molecule has 0 saturated heterocycles. The molecule has 0 aromatic heterocycles. The molecule has 128 valence electrons. The number of amides is 1. The lowest BCUT2D eigenvalue weighted by Crippen LogP contribution is -2.32. The Morgan fingerprint density at radius 1 is 1.12 bits per heavy atom. The van der Waals surface area contributed by atoms with Gasteiger partial charge in [0.1, 0.15) is 0 Å². The van der Waals surface area contributed by atoms with Gasteiger partial charge < -0.3 is 5.32 Å². The standard InChI is InChI=1S/C18H20F2N2OS/c1-13(14-6-4-3-5-7-14)22(2)12-17(23)21-15-8-10-16(11-9-15)24-18(19)20/h3-11,13,18H,12H2,1-2H3,(H,21,23). The number of nitrogens with zero attached hydrogens (tertiary/aromatic N) is 1. The summed E-state index contributed by atoms with van der Waals surface area (Å²) in [5.41, 5.74) is 1.74. The molecule has 6 heteroatoms. The Morgan fingerprint density at radius 3 is 2.33 bits per heavy atom. The summed E-state index contributed by atoms with van der Waals surface area (Å²) in [7, 11) is 1.89. The van der Waals surface area contributed by atoms with E-state index in [0.717, 1.165) is 5.56 Å². The first-order chi connectivity index (χ1) is 11.5. The Bertz CT molecular complexity index is 650. The summed E-state index contributed by atoms with van der Waals surface area (Å²) in [5, 5.41) is 2.78. The van der Waals surface area contributed by atoms with Crippen molar-refractivity contribution in [2.75, 3.05) is 18.9 Å². The highest BCUT2D eigenvalue weighted by molar-refractivity contribution is 7.99. The fraction of sp³-hybridized carbons (Fsp3) is 0.278. The molecule has 3 nitrogen and oxygen atoms in total. The highest BCUT2D eigenvalue weighted by Gasteiger charge is 2.14. The SMILES string of the molecule is CC(c1ccccc1)N(C)CC(=O)Nc1ccc(SC(F)F)cc1. The first kappa shape index (κ1) is 18.4. The Kier molecular flexibility index (Phi) is 6.75. The smallest absolute Gasteiger partial charge is 0.288 e. The van der Waals surface area contributed by atoms with E-state index in [1.54, 1.807) is 24.3 Å². The molecule has 1 N–H and O–H groups in total. The molecule has 2 aromatic rings. The maximum absolute atomic E-state index is 12.3. The number of carbonyl (C=O) groups excluding carboxylic acids is 1. The molecular weight excluding hydrogens is 330 g/mol. The van der Waals surface area contributed by atoms with Crippen molar-refractivity contribution in [3.8, 4) is 0 Å². The van der Waals surface area contributed by atoms with Gasteiger partial charge in [0, 0.05) is 16.6 Å². The second kappa shape index (κ2) is 8.80. The molecule has 24 heavy (non-hydrogen) atoms. The number of halogens is 2. The van der Waals surface area contributed by atoms with Crippen LogP contribution in [-0.4, -0.2) is 30.2 Å². The molecule has 0 heterocycles. The van der Waals surface area contributed by atoms with Crippen LogP contribution in [0.15, 0.2) is 59.5 Å². The van der Waals surface area contributed by atoms with Gasteiger partial charge in [0.25, 0.3) is 5.76 Å². The maximum atomic E-state index is 12.3. The maximum Gasteiger partial charge on any atom is 0.288 e. The molecule has 0 aliphatic heterocycles. The van der Waals surface area contributed by atoms with Crippen molar-refractivity contribution in [1.29, 1.82) is 0 Å². The number of hydrogen-bond donors (Lipinski definition) is 1. The van der Waals surface area contributed by atoms with E-state index in [-0.39, 0.29) is 18.5 Å². The van der Waals surface area contributed by atoms with Crippen LogP contribution >= 0.6 is 11.8 Å². The lowest BCUT2D eigenvalue weighted by molar-refractivity contribution is -0.117. The molecule has 0 spiro atoms. The third kappa shape index (κ3) is 5.62. The minimum Gasteiger partial charge on any atom is -0.325 e. The second-order valence-electron chi connectivity index (χ2n) is 5.45. The van der Waals surface area contributed by atoms with Gasteiger partial charge in [-0.05, 0) is 43.8 Å². The van der Waals surface area contributed by atoms with Crippen molar-refractivity contribution in [3.63, 3.8) is 0 Å². The van der Waals surface area contributed by atoms with Gasteiger partial charge in [-0.25, -0.2) is 0 Å². The monoisotopic (exact) mass is 350 g/mol. The van der Waals surface area contributed by atoms with Crippen LogP contribution in [-0.2, 0) is 4.79 Å². The lowest BCUT2D eigenvalue weighted by Gasteiger charge is -2.24. The van der Waals surface area contributed by atoms with Gasteiger partial charge in [-0.1, -0.05) is 42.1 Å². The summed E-state index contributed by atoms with van der Waals surface area (Å²) in [6.45, 7) is 2.28. The molecule has 0 bridgehead atoms. The van der Waals surface area contributed by atoms with Gasteiger partial charge >= 0.3 is 0 Å². The van der Waals surface area contributed by atoms with Gasteiger partial charge in [0.15, 0.2) is 0 Å². The highest BCUT2D eigenvalue weighted by atomic mass is 32.2. The van der Waals surface area contributed by atoms with E-state index >= 15 is 0 Å². The number of thioether (sulfide) groups is 1. The zero-order valence-corrected chi connectivity index (χ0v) is 14.4. The fourth-order valence-corrected chi connectivity index (χ4v) is 2.77. The van der Waals surface area contributed by atoms with Gasteiger partial charge in [-0.2, -0.15) is 8.78 Å². The average molecular weight is 350 g/mol. The predicted octanol–water partition coefficient (Wildman–Crippen LogP) is 4.63. The molecular formula is C18H20F2N2OS. The van der Waals surface area contributed by atoms with Crippen LogP contribution in [0.5, 0.6) is 0 Å². The van der Waals surface area contributed by atoms with Crippen LogP contribution in [0.25, 0.3) is 0 Å². The Balaban J connectivity index is 1.88. The normalized spacial score (nSPS) is 12.4. The molecule has 0 fully saturated rings. The fourth-order valence-electron chi connectivity index (χ4n) is 2.27. The lowest BCUT2D eigenvalue weighted by atomic mass is 10.1. The molecule has 0 saturated carbocycles. The quantitative estimate of drug-likeness (QED) is 0.739. The predicted molar refractivity (Wildman–Crippen MR) is 94.4 cm³/mol. The number of alkyl halides is 2. The van der Waals surface area contributed by atoms with E-state index < -0.39 is 5.76 Å². The van der Waals surface area contributed by atoms with E-state index in [2.05, 4.69) is 5.32 Å². The zero-order chi connectivity index (χ0) is 17.5. The highest BCUT2D eigenvalue weighted by Crippen LogP contribution is 2.26. The molecule has 1 unspecified atom stereocenters. The van der Waals surface area contributed by atoms with Gasteiger partial charge in [0.05, 0.1) is 6.54 Å². The average Bonchev–Trinajstić information content (AvgIpc) is 2.56. The summed E-state index contributed by atoms with van der Waals surface area (Å²) in [6, 6.07) is 16.5. The Labute approximate surface area is 145 Å². The molecule has 1 amide bonds. The Hall–Kier alpha value is -1.92. The van der Waals surface area contributed by atoms with Gasteiger partial charge in [-0.3, -0.25) is 9.69 Å². The minimum atomic E-state index is -2.45. The molecule has 2 rings (SSSR count). The van der Waals surface area contributed by atoms with Crippen molar-refractivity contribution < 1.29 is 13.6 Å². The van der Waals surface area contributed by atoms with Gasteiger partial charge in [0.2, 0.25) is 5.91 Å². The van der Waals surface area contributed by atoms with Crippen LogP contribution in [0.4, 0.5) is 14.5 Å². The molecule has 2 aromatic carbocycles. The number of nitrogens with one attached hydrogen (secondary N) is 1. The van der Waals surface area contributed by atoms with Crippen molar-refractivity contribution in [2.45, 2.75) is 23.6 Å². The summed E-state index contributed by atoms with van der Waals surface area (Å²) in [4.78, 5) is 14.6. The second-order valence-corrected chi connectivity index (χ2v) is 6.52. The first-order valence-corrected chi connectivity index (χ1v) is 8.43. The van der Waals surface area contributed by atoms with Crippen molar-refractivity contribution >= 4 is 23.4 Å². The van der Waals surface area contributed by atoms with Crippen LogP contribution in [0, 0.1) is 0 Å². The topological polar surface area (TPSA) is 32.3 Å². The molecule has 1 atom stereocenters. The number of benzene rings is 2. The Morgan fingerprint density at radius 2 is 1.75 bits per heavy atom. The van der Waals surface area contributed by atoms with E-state index in [4.69, 9.17) is 0 Å². The van der Waals surface area contributed by atoms with E-state index in [9.17, 15) is 13.6 Å². The molecule has 0 aliphatic carbocycles. The van der Waals surface area contributed by atoms with Crippen LogP contribution in [0.1, 0.15) is 18.5 Å². The number of carbonyl (C=O) groups is 1. The van der Waals surface area contributed by atoms with Crippen LogP contribution in [0.3, 0.4) is 0 Å². The number of hydrogen-bond acceptors (Lipinski definition) is 3. The van der Waals surface area contributed by atoms with E-state index in [1.165, 1.54) is 0 Å². The van der Waals surface area contributed by atoms with E-state index in [0.29, 0.717) is 22.3 Å². The summed E-state index contributed by atoms with van der Waals surface area (Å²) >= 11 is 0.484. The third-order valence-electron chi connectivity index (χ3n) is 3.70. The molecule has 0 radical (unpaired) electrons. The number of likely N-dealkylation sites (N-methyl/N-ethyl adjacent to an activating group) is 1. The third-order valence-corrected chi connectivity index (χ3v) is 4.42. The van der Waals surface area contributed by atoms with Crippen molar-refractivity contribution in [1.82, 2.24) is 4.90 Å². The number of anilines is 1. The summed E-state index contributed by atoms with van der Waals surface area (Å²) in [6.07, 6.45) is 0. The number of rotatable bonds is 7. The molecule has 0 aliphatic rings. The zero-order valence-electron chi connectivity index (χ0n) is 13.6. The minimum absolute atomic E-state index is 0.113. The van der Waals surface area contributed by atoms with Crippen LogP contribution in [0.2, 0.25) is 0 Å². The largest absolute Gasteiger partial charge is 0.325 e. The van der Waals surface area contributed by atoms with Crippen LogP contribution < -0.4 is 5.32 Å². The van der Waals surface area contributed by atoms with Crippen molar-refractivity contribution in [2.24, 2.45) is 0 Å². The summed E-state index contributed by atoms with van der Waals surface area (Å²) < 4.78 is 24.6. The van der Waals surface area contributed by atoms with Gasteiger partial charge in [-0.15, -0.1) is 0 Å². The summed E-state index contributed by atoms with van der Waals surface area (Å²) in [5.74, 6) is -2.59. The first-order valence-electron chi connectivity index (χ1n) is 7.55. The van der Waals surface area contributed by atoms with E-state index in [1.807, 2.05) is 49.2 Å². The van der Waals surface area contributed by atoms with Crippen molar-refractivity contribution in [3.05, 3.63) is 60.2 Å².